The molecular weight excluding hydrogens is 353 g/mol. The molecule has 2 rings (SSSR count). The Labute approximate surface area is 126 Å². The minimum Gasteiger partial charge on any atom is -0.271 e. The van der Waals surface area contributed by atoms with E-state index in [0.717, 1.165) is 16.5 Å². The largest absolute Gasteiger partial charge is 0.417 e. The molecule has 0 bridgehead atoms. The van der Waals surface area contributed by atoms with Crippen LogP contribution in [-0.4, -0.2) is 0 Å². The molecule has 2 aromatic rings. The highest BCUT2D eigenvalue weighted by atomic mass is 79.9. The molecule has 108 valence electrons. The topological polar surface area (TPSA) is 38.0 Å². The Balaban J connectivity index is 2.49. The van der Waals surface area contributed by atoms with Crippen LogP contribution in [0.3, 0.4) is 0 Å². The molecule has 1 heterocycles. The fourth-order valence-corrected chi connectivity index (χ4v) is 3.21. The van der Waals surface area contributed by atoms with E-state index in [1.807, 2.05) is 18.4 Å². The van der Waals surface area contributed by atoms with E-state index < -0.39 is 17.8 Å². The fourth-order valence-electron chi connectivity index (χ4n) is 2.00. The first kappa shape index (κ1) is 15.5. The lowest BCUT2D eigenvalue weighted by molar-refractivity contribution is -0.138. The molecule has 1 aromatic carbocycles. The van der Waals surface area contributed by atoms with Gasteiger partial charge in [-0.2, -0.15) is 13.2 Å². The lowest BCUT2D eigenvalue weighted by Crippen LogP contribution is -2.29. The molecule has 0 spiro atoms. The molecule has 0 aliphatic heterocycles. The van der Waals surface area contributed by atoms with Gasteiger partial charge in [0.05, 0.1) is 11.6 Å². The van der Waals surface area contributed by atoms with Crippen molar-refractivity contribution >= 4 is 27.3 Å². The lowest BCUT2D eigenvalue weighted by atomic mass is 9.98. The van der Waals surface area contributed by atoms with Gasteiger partial charge in [0, 0.05) is 9.35 Å². The van der Waals surface area contributed by atoms with Crippen LogP contribution in [0, 0.1) is 6.92 Å². The summed E-state index contributed by atoms with van der Waals surface area (Å²) >= 11 is 4.46. The van der Waals surface area contributed by atoms with Crippen LogP contribution in [0.5, 0.6) is 0 Å². The Morgan fingerprint density at radius 3 is 2.50 bits per heavy atom. The number of halogens is 4. The van der Waals surface area contributed by atoms with Crippen molar-refractivity contribution in [1.82, 2.24) is 5.43 Å². The smallest absolute Gasteiger partial charge is 0.271 e. The van der Waals surface area contributed by atoms with Gasteiger partial charge >= 0.3 is 6.18 Å². The van der Waals surface area contributed by atoms with Gasteiger partial charge in [-0.1, -0.05) is 22.0 Å². The molecular formula is C13H12BrF3N2S. The summed E-state index contributed by atoms with van der Waals surface area (Å²) in [7, 11) is 0. The second kappa shape index (κ2) is 5.85. The predicted octanol–water partition coefficient (Wildman–Crippen LogP) is 4.39. The number of hydrogen-bond acceptors (Lipinski definition) is 3. The Morgan fingerprint density at radius 2 is 2.00 bits per heavy atom. The second-order valence-corrected chi connectivity index (χ2v) is 6.24. The van der Waals surface area contributed by atoms with Gasteiger partial charge in [-0.05, 0) is 41.6 Å². The summed E-state index contributed by atoms with van der Waals surface area (Å²) in [6.07, 6.45) is -4.41. The van der Waals surface area contributed by atoms with E-state index in [-0.39, 0.29) is 4.47 Å². The zero-order chi connectivity index (χ0) is 14.9. The molecule has 0 aliphatic carbocycles. The summed E-state index contributed by atoms with van der Waals surface area (Å²) in [5.74, 6) is 5.52. The average molecular weight is 365 g/mol. The minimum atomic E-state index is -4.41. The van der Waals surface area contributed by atoms with Crippen LogP contribution in [0.1, 0.15) is 27.6 Å². The number of alkyl halides is 3. The highest BCUT2D eigenvalue weighted by Gasteiger charge is 2.33. The van der Waals surface area contributed by atoms with E-state index in [4.69, 9.17) is 5.84 Å². The highest BCUT2D eigenvalue weighted by molar-refractivity contribution is 9.10. The fraction of sp³-hybridized carbons (Fsp3) is 0.231. The molecule has 7 heteroatoms. The number of thiophene rings is 1. The lowest BCUT2D eigenvalue weighted by Gasteiger charge is -2.19. The van der Waals surface area contributed by atoms with E-state index >= 15 is 0 Å². The Bertz CT molecular complexity index is 610. The number of hydrazine groups is 1. The van der Waals surface area contributed by atoms with Gasteiger partial charge in [-0.3, -0.25) is 5.84 Å². The molecule has 2 nitrogen and oxygen atoms in total. The maximum Gasteiger partial charge on any atom is 0.417 e. The maximum atomic E-state index is 12.9. The normalized spacial score (nSPS) is 13.5. The van der Waals surface area contributed by atoms with Crippen molar-refractivity contribution < 1.29 is 13.2 Å². The number of nitrogens with one attached hydrogen (secondary N) is 1. The summed E-state index contributed by atoms with van der Waals surface area (Å²) < 4.78 is 38.8. The first-order valence-electron chi connectivity index (χ1n) is 5.71. The van der Waals surface area contributed by atoms with E-state index in [2.05, 4.69) is 21.4 Å². The van der Waals surface area contributed by atoms with Crippen molar-refractivity contribution in [2.75, 3.05) is 0 Å². The summed E-state index contributed by atoms with van der Waals surface area (Å²) in [6.45, 7) is 1.91. The molecule has 0 saturated heterocycles. The highest BCUT2D eigenvalue weighted by Crippen LogP contribution is 2.37. The molecule has 3 N–H and O–H groups in total. The van der Waals surface area contributed by atoms with E-state index in [9.17, 15) is 13.2 Å². The minimum absolute atomic E-state index is 0.0200. The van der Waals surface area contributed by atoms with Gasteiger partial charge in [0.25, 0.3) is 0 Å². The third kappa shape index (κ3) is 3.06. The van der Waals surface area contributed by atoms with Crippen LogP contribution < -0.4 is 11.3 Å². The molecule has 20 heavy (non-hydrogen) atoms. The Hall–Kier alpha value is -0.890. The van der Waals surface area contributed by atoms with Crippen molar-refractivity contribution in [3.8, 4) is 0 Å². The standard InChI is InChI=1S/C13H12BrF3N2S/c1-7-9(4-5-20-7)12(19-18)8-2-3-11(14)10(6-8)13(15,16)17/h2-6,12,19H,18H2,1H3. The summed E-state index contributed by atoms with van der Waals surface area (Å²) in [5.41, 5.74) is 3.24. The quantitative estimate of drug-likeness (QED) is 0.626. The zero-order valence-electron chi connectivity index (χ0n) is 10.5. The first-order chi connectivity index (χ1) is 9.34. The molecule has 0 aliphatic rings. The zero-order valence-corrected chi connectivity index (χ0v) is 12.9. The van der Waals surface area contributed by atoms with E-state index in [0.29, 0.717) is 5.56 Å². The number of rotatable bonds is 3. The van der Waals surface area contributed by atoms with Gasteiger partial charge in [-0.25, -0.2) is 5.43 Å². The molecule has 0 amide bonds. The summed E-state index contributed by atoms with van der Waals surface area (Å²) in [4.78, 5) is 1.02. The molecule has 0 fully saturated rings. The van der Waals surface area contributed by atoms with Gasteiger partial charge in [0.15, 0.2) is 0 Å². The SMILES string of the molecule is Cc1sccc1C(NN)c1ccc(Br)c(C(F)(F)F)c1. The number of benzene rings is 1. The van der Waals surface area contributed by atoms with Crippen LogP contribution in [0.2, 0.25) is 0 Å². The number of hydrogen-bond donors (Lipinski definition) is 2. The van der Waals surface area contributed by atoms with Crippen molar-refractivity contribution in [3.05, 3.63) is 55.7 Å². The van der Waals surface area contributed by atoms with Gasteiger partial charge in [0.1, 0.15) is 0 Å². The van der Waals surface area contributed by atoms with Crippen molar-refractivity contribution in [1.29, 1.82) is 0 Å². The molecule has 0 radical (unpaired) electrons. The average Bonchev–Trinajstić information content (AvgIpc) is 2.77. The number of aryl methyl sites for hydroxylation is 1. The van der Waals surface area contributed by atoms with Crippen LogP contribution in [0.15, 0.2) is 34.1 Å². The molecule has 0 saturated carbocycles. The molecule has 1 atom stereocenters. The predicted molar refractivity (Wildman–Crippen MR) is 77.4 cm³/mol. The van der Waals surface area contributed by atoms with Crippen LogP contribution >= 0.6 is 27.3 Å². The van der Waals surface area contributed by atoms with Crippen molar-refractivity contribution in [2.45, 2.75) is 19.1 Å². The Morgan fingerprint density at radius 1 is 1.30 bits per heavy atom. The van der Waals surface area contributed by atoms with Crippen LogP contribution in [-0.2, 0) is 6.18 Å². The Kier molecular flexibility index (Phi) is 4.53. The number of nitrogens with two attached hydrogens (primary N) is 1. The van der Waals surface area contributed by atoms with Crippen molar-refractivity contribution in [2.24, 2.45) is 5.84 Å². The van der Waals surface area contributed by atoms with Gasteiger partial charge < -0.3 is 0 Å². The van der Waals surface area contributed by atoms with Crippen molar-refractivity contribution in [3.63, 3.8) is 0 Å². The van der Waals surface area contributed by atoms with Crippen LogP contribution in [0.4, 0.5) is 13.2 Å². The van der Waals surface area contributed by atoms with Crippen LogP contribution in [0.25, 0.3) is 0 Å². The maximum absolute atomic E-state index is 12.9. The van der Waals surface area contributed by atoms with Gasteiger partial charge in [-0.15, -0.1) is 11.3 Å². The molecule has 1 aromatic heterocycles. The molecule has 1 unspecified atom stereocenters. The second-order valence-electron chi connectivity index (χ2n) is 4.27. The van der Waals surface area contributed by atoms with E-state index in [1.165, 1.54) is 17.4 Å². The monoisotopic (exact) mass is 364 g/mol. The summed E-state index contributed by atoms with van der Waals surface area (Å²) in [5, 5.41) is 1.89. The first-order valence-corrected chi connectivity index (χ1v) is 7.38. The third-order valence-corrected chi connectivity index (χ3v) is 4.56. The van der Waals surface area contributed by atoms with E-state index in [1.54, 1.807) is 6.07 Å². The summed E-state index contributed by atoms with van der Waals surface area (Å²) in [6, 6.07) is 5.53. The third-order valence-electron chi connectivity index (χ3n) is 3.01. The van der Waals surface area contributed by atoms with Gasteiger partial charge in [0.2, 0.25) is 0 Å².